The van der Waals surface area contributed by atoms with Gasteiger partial charge in [0.25, 0.3) is 5.95 Å². The van der Waals surface area contributed by atoms with Gasteiger partial charge in [0.2, 0.25) is 0 Å². The molecule has 0 amide bonds. The minimum atomic E-state index is 0.134. The minimum absolute atomic E-state index is 0.134. The van der Waals surface area contributed by atoms with E-state index in [1.165, 1.54) is 5.56 Å². The second kappa shape index (κ2) is 7.95. The first kappa shape index (κ1) is 18.5. The van der Waals surface area contributed by atoms with E-state index in [9.17, 15) is 0 Å². The predicted molar refractivity (Wildman–Crippen MR) is 108 cm³/mol. The van der Waals surface area contributed by atoms with E-state index in [0.29, 0.717) is 11.6 Å². The zero-order valence-electron chi connectivity index (χ0n) is 16.0. The van der Waals surface area contributed by atoms with Gasteiger partial charge in [0, 0.05) is 5.56 Å². The third-order valence-corrected chi connectivity index (χ3v) is 4.10. The van der Waals surface area contributed by atoms with E-state index in [2.05, 4.69) is 58.6 Å². The summed E-state index contributed by atoms with van der Waals surface area (Å²) in [5, 5.41) is 12.2. The highest BCUT2D eigenvalue weighted by molar-refractivity contribution is 5.80. The number of rotatable bonds is 5. The van der Waals surface area contributed by atoms with Crippen molar-refractivity contribution in [3.63, 3.8) is 0 Å². The van der Waals surface area contributed by atoms with E-state index in [1.807, 2.05) is 36.4 Å². The number of hydrogen-bond donors (Lipinski definition) is 1. The van der Waals surface area contributed by atoms with Crippen LogP contribution in [0.15, 0.2) is 59.8 Å². The van der Waals surface area contributed by atoms with Gasteiger partial charge in [-0.2, -0.15) is 10.2 Å². The average Bonchev–Trinajstić information content (AvgIpc) is 2.68. The van der Waals surface area contributed by atoms with Crippen LogP contribution in [0.4, 0.5) is 5.95 Å². The number of hydrogen-bond acceptors (Lipinski definition) is 6. The van der Waals surface area contributed by atoms with Gasteiger partial charge < -0.3 is 4.74 Å². The zero-order valence-corrected chi connectivity index (χ0v) is 16.0. The topological polar surface area (TPSA) is 72.3 Å². The standard InChI is InChI=1S/C21H23N5O/c1-21(2,3)17-9-5-15(6-10-17)13-22-25-20-24-19(14-23-26-20)16-7-11-18(27-4)12-8-16/h5-14H,1-4H3,(H,24,25,26). The van der Waals surface area contributed by atoms with Crippen LogP contribution in [0, 0.1) is 0 Å². The Balaban J connectivity index is 1.68. The molecule has 0 spiro atoms. The van der Waals surface area contributed by atoms with Crippen LogP contribution in [-0.2, 0) is 5.41 Å². The Morgan fingerprint density at radius 2 is 1.70 bits per heavy atom. The molecule has 2 aromatic carbocycles. The number of aromatic nitrogens is 3. The van der Waals surface area contributed by atoms with Crippen molar-refractivity contribution in [1.82, 2.24) is 15.2 Å². The van der Waals surface area contributed by atoms with E-state index >= 15 is 0 Å². The molecule has 0 radical (unpaired) electrons. The number of nitrogens with one attached hydrogen (secondary N) is 1. The van der Waals surface area contributed by atoms with Crippen LogP contribution >= 0.6 is 0 Å². The molecule has 0 aliphatic heterocycles. The molecule has 1 N–H and O–H groups in total. The molecule has 138 valence electrons. The summed E-state index contributed by atoms with van der Waals surface area (Å²) in [6, 6.07) is 15.9. The van der Waals surface area contributed by atoms with Crippen molar-refractivity contribution in [2.45, 2.75) is 26.2 Å². The van der Waals surface area contributed by atoms with Gasteiger partial charge in [0.05, 0.1) is 25.2 Å². The second-order valence-electron chi connectivity index (χ2n) is 7.14. The molecule has 3 rings (SSSR count). The fourth-order valence-corrected chi connectivity index (χ4v) is 2.49. The van der Waals surface area contributed by atoms with E-state index < -0.39 is 0 Å². The van der Waals surface area contributed by atoms with Crippen molar-refractivity contribution in [2.75, 3.05) is 12.5 Å². The number of anilines is 1. The maximum absolute atomic E-state index is 5.17. The average molecular weight is 361 g/mol. The van der Waals surface area contributed by atoms with Gasteiger partial charge in [0.15, 0.2) is 0 Å². The maximum Gasteiger partial charge on any atom is 0.263 e. The number of ether oxygens (including phenoxy) is 1. The highest BCUT2D eigenvalue weighted by Gasteiger charge is 2.12. The minimum Gasteiger partial charge on any atom is -0.497 e. The molecular formula is C21H23N5O. The van der Waals surface area contributed by atoms with Crippen LogP contribution < -0.4 is 10.2 Å². The summed E-state index contributed by atoms with van der Waals surface area (Å²) in [4.78, 5) is 4.44. The Hall–Kier alpha value is -3.28. The molecule has 0 aliphatic rings. The Labute approximate surface area is 159 Å². The molecule has 3 aromatic rings. The number of benzene rings is 2. The van der Waals surface area contributed by atoms with Gasteiger partial charge in [-0.25, -0.2) is 10.4 Å². The molecular weight excluding hydrogens is 338 g/mol. The van der Waals surface area contributed by atoms with Crippen LogP contribution in [-0.4, -0.2) is 28.5 Å². The summed E-state index contributed by atoms with van der Waals surface area (Å²) in [7, 11) is 1.64. The maximum atomic E-state index is 5.17. The number of nitrogens with zero attached hydrogens (tertiary/aromatic N) is 4. The molecule has 0 saturated heterocycles. The van der Waals surface area contributed by atoms with Crippen LogP contribution in [0.2, 0.25) is 0 Å². The first-order chi connectivity index (χ1) is 13.0. The van der Waals surface area contributed by atoms with E-state index in [1.54, 1.807) is 19.5 Å². The van der Waals surface area contributed by atoms with Gasteiger partial charge in [-0.3, -0.25) is 0 Å². The highest BCUT2D eigenvalue weighted by Crippen LogP contribution is 2.22. The van der Waals surface area contributed by atoms with Crippen molar-refractivity contribution in [1.29, 1.82) is 0 Å². The van der Waals surface area contributed by atoms with Crippen LogP contribution in [0.3, 0.4) is 0 Å². The van der Waals surface area contributed by atoms with E-state index in [-0.39, 0.29) is 5.41 Å². The molecule has 0 fully saturated rings. The van der Waals surface area contributed by atoms with Crippen LogP contribution in [0.25, 0.3) is 11.3 Å². The summed E-state index contributed by atoms with van der Waals surface area (Å²) in [6.07, 6.45) is 3.35. The fraction of sp³-hybridized carbons (Fsp3) is 0.238. The number of methoxy groups -OCH3 is 1. The highest BCUT2D eigenvalue weighted by atomic mass is 16.5. The van der Waals surface area contributed by atoms with Crippen molar-refractivity contribution in [3.05, 3.63) is 65.9 Å². The van der Waals surface area contributed by atoms with E-state index in [4.69, 9.17) is 4.74 Å². The van der Waals surface area contributed by atoms with Gasteiger partial charge in [-0.1, -0.05) is 45.0 Å². The quantitative estimate of drug-likeness (QED) is 0.542. The SMILES string of the molecule is COc1ccc(-c2cnnc(NN=Cc3ccc(C(C)(C)C)cc3)n2)cc1. The zero-order chi connectivity index (χ0) is 19.3. The summed E-state index contributed by atoms with van der Waals surface area (Å²) in [5.41, 5.74) is 6.88. The number of hydrazone groups is 1. The molecule has 0 unspecified atom stereocenters. The van der Waals surface area contributed by atoms with Crippen molar-refractivity contribution < 1.29 is 4.74 Å². The first-order valence-electron chi connectivity index (χ1n) is 8.69. The molecule has 6 nitrogen and oxygen atoms in total. The van der Waals surface area contributed by atoms with Gasteiger partial charge in [-0.15, -0.1) is 5.10 Å². The summed E-state index contributed by atoms with van der Waals surface area (Å²) < 4.78 is 5.17. The molecule has 0 atom stereocenters. The monoisotopic (exact) mass is 361 g/mol. The van der Waals surface area contributed by atoms with Crippen LogP contribution in [0.1, 0.15) is 31.9 Å². The Bertz CT molecular complexity index is 913. The lowest BCUT2D eigenvalue weighted by molar-refractivity contribution is 0.415. The molecule has 0 saturated carbocycles. The van der Waals surface area contributed by atoms with Gasteiger partial charge >= 0.3 is 0 Å². The Kier molecular flexibility index (Phi) is 5.45. The van der Waals surface area contributed by atoms with Gasteiger partial charge in [0.1, 0.15) is 5.75 Å². The smallest absolute Gasteiger partial charge is 0.263 e. The first-order valence-corrected chi connectivity index (χ1v) is 8.69. The summed E-state index contributed by atoms with van der Waals surface area (Å²) in [5.74, 6) is 1.13. The summed E-state index contributed by atoms with van der Waals surface area (Å²) >= 11 is 0. The van der Waals surface area contributed by atoms with Crippen molar-refractivity contribution >= 4 is 12.2 Å². The lowest BCUT2D eigenvalue weighted by atomic mass is 9.87. The molecule has 1 heterocycles. The predicted octanol–water partition coefficient (Wildman–Crippen LogP) is 4.29. The fourth-order valence-electron chi connectivity index (χ4n) is 2.49. The van der Waals surface area contributed by atoms with Gasteiger partial charge in [-0.05, 0) is 40.8 Å². The third kappa shape index (κ3) is 4.88. The van der Waals surface area contributed by atoms with E-state index in [0.717, 1.165) is 16.9 Å². The second-order valence-corrected chi connectivity index (χ2v) is 7.14. The lowest BCUT2D eigenvalue weighted by Crippen LogP contribution is -2.10. The molecule has 1 aromatic heterocycles. The summed E-state index contributed by atoms with van der Waals surface area (Å²) in [6.45, 7) is 6.58. The van der Waals surface area contributed by atoms with Crippen molar-refractivity contribution in [2.24, 2.45) is 5.10 Å². The normalized spacial score (nSPS) is 11.6. The largest absolute Gasteiger partial charge is 0.497 e. The lowest BCUT2D eigenvalue weighted by Gasteiger charge is -2.18. The van der Waals surface area contributed by atoms with Crippen LogP contribution in [0.5, 0.6) is 5.75 Å². The Morgan fingerprint density at radius 3 is 2.33 bits per heavy atom. The Morgan fingerprint density at radius 1 is 1.00 bits per heavy atom. The molecule has 6 heteroatoms. The molecule has 27 heavy (non-hydrogen) atoms. The van der Waals surface area contributed by atoms with Crippen molar-refractivity contribution in [3.8, 4) is 17.0 Å². The molecule has 0 bridgehead atoms. The molecule has 0 aliphatic carbocycles. The third-order valence-electron chi connectivity index (χ3n) is 4.10.